The van der Waals surface area contributed by atoms with Crippen molar-refractivity contribution in [1.29, 1.82) is 0 Å². The lowest BCUT2D eigenvalue weighted by Gasteiger charge is -2.23. The fourth-order valence-corrected chi connectivity index (χ4v) is 3.48. The molecule has 1 N–H and O–H groups in total. The first kappa shape index (κ1) is 20.0. The molecular weight excluding hydrogens is 382 g/mol. The van der Waals surface area contributed by atoms with Gasteiger partial charge in [-0.2, -0.15) is 4.98 Å². The SMILES string of the molecule is O=C(CCc1nc(-c2ncccn2)no1)NCc1cccc(OC2CCCCC2)c1. The summed E-state index contributed by atoms with van der Waals surface area (Å²) in [7, 11) is 0. The van der Waals surface area contributed by atoms with Crippen molar-refractivity contribution in [3.8, 4) is 17.4 Å². The fourth-order valence-electron chi connectivity index (χ4n) is 3.48. The molecule has 0 unspecified atom stereocenters. The zero-order valence-electron chi connectivity index (χ0n) is 16.8. The first-order valence-corrected chi connectivity index (χ1v) is 10.4. The molecule has 2 heterocycles. The molecule has 1 aromatic carbocycles. The number of aromatic nitrogens is 4. The third-order valence-corrected chi connectivity index (χ3v) is 5.04. The van der Waals surface area contributed by atoms with Crippen molar-refractivity contribution in [2.24, 2.45) is 0 Å². The lowest BCUT2D eigenvalue weighted by molar-refractivity contribution is -0.121. The summed E-state index contributed by atoms with van der Waals surface area (Å²) < 4.78 is 11.3. The molecule has 1 saturated carbocycles. The van der Waals surface area contributed by atoms with Gasteiger partial charge in [-0.25, -0.2) is 9.97 Å². The number of amides is 1. The van der Waals surface area contributed by atoms with Gasteiger partial charge in [0.1, 0.15) is 5.75 Å². The Kier molecular flexibility index (Phi) is 6.64. The summed E-state index contributed by atoms with van der Waals surface area (Å²) in [6.07, 6.45) is 10.2. The monoisotopic (exact) mass is 407 g/mol. The molecule has 3 aromatic rings. The molecule has 156 valence electrons. The average Bonchev–Trinajstić information content (AvgIpc) is 3.27. The molecule has 4 rings (SSSR count). The number of benzene rings is 1. The number of ether oxygens (including phenoxy) is 1. The van der Waals surface area contributed by atoms with Crippen molar-refractivity contribution in [3.05, 3.63) is 54.2 Å². The van der Waals surface area contributed by atoms with Crippen LogP contribution < -0.4 is 10.1 Å². The van der Waals surface area contributed by atoms with Crippen LogP contribution in [0.5, 0.6) is 5.75 Å². The van der Waals surface area contributed by atoms with E-state index in [-0.39, 0.29) is 12.3 Å². The number of carbonyl (C=O) groups is 1. The van der Waals surface area contributed by atoms with Gasteiger partial charge in [0.25, 0.3) is 0 Å². The van der Waals surface area contributed by atoms with E-state index in [9.17, 15) is 4.79 Å². The average molecular weight is 407 g/mol. The predicted molar refractivity (Wildman–Crippen MR) is 109 cm³/mol. The maximum Gasteiger partial charge on any atom is 0.240 e. The fraction of sp³-hybridized carbons (Fsp3) is 0.409. The summed E-state index contributed by atoms with van der Waals surface area (Å²) in [6.45, 7) is 0.452. The molecule has 0 spiro atoms. The van der Waals surface area contributed by atoms with Gasteiger partial charge in [-0.3, -0.25) is 4.79 Å². The van der Waals surface area contributed by atoms with Crippen molar-refractivity contribution < 1.29 is 14.1 Å². The topological polar surface area (TPSA) is 103 Å². The molecule has 1 amide bonds. The molecule has 0 atom stereocenters. The number of carbonyl (C=O) groups excluding carboxylic acids is 1. The minimum absolute atomic E-state index is 0.0793. The van der Waals surface area contributed by atoms with Crippen molar-refractivity contribution >= 4 is 5.91 Å². The summed E-state index contributed by atoms with van der Waals surface area (Å²) in [6, 6.07) is 9.64. The molecule has 1 aliphatic carbocycles. The second-order valence-electron chi connectivity index (χ2n) is 7.39. The summed E-state index contributed by atoms with van der Waals surface area (Å²) in [5.74, 6) is 1.89. The van der Waals surface area contributed by atoms with Crippen LogP contribution in [0.4, 0.5) is 0 Å². The Morgan fingerprint density at radius 1 is 1.10 bits per heavy atom. The van der Waals surface area contributed by atoms with Gasteiger partial charge in [0.05, 0.1) is 6.10 Å². The van der Waals surface area contributed by atoms with Crippen LogP contribution in [0.2, 0.25) is 0 Å². The van der Waals surface area contributed by atoms with Crippen molar-refractivity contribution in [2.75, 3.05) is 0 Å². The van der Waals surface area contributed by atoms with E-state index < -0.39 is 0 Å². The summed E-state index contributed by atoms with van der Waals surface area (Å²) in [5.41, 5.74) is 1.01. The van der Waals surface area contributed by atoms with E-state index in [1.165, 1.54) is 19.3 Å². The van der Waals surface area contributed by atoms with Crippen LogP contribution in [0.3, 0.4) is 0 Å². The number of rotatable bonds is 8. The van der Waals surface area contributed by atoms with Crippen molar-refractivity contribution in [2.45, 2.75) is 57.6 Å². The van der Waals surface area contributed by atoms with E-state index in [2.05, 4.69) is 25.4 Å². The number of hydrogen-bond acceptors (Lipinski definition) is 7. The normalized spacial score (nSPS) is 14.4. The summed E-state index contributed by atoms with van der Waals surface area (Å²) in [4.78, 5) is 24.6. The number of nitrogens with zero attached hydrogens (tertiary/aromatic N) is 4. The lowest BCUT2D eigenvalue weighted by Crippen LogP contribution is -2.23. The van der Waals surface area contributed by atoms with Gasteiger partial charge >= 0.3 is 0 Å². The standard InChI is InChI=1S/C22H25N5O3/c28-19(10-11-20-26-22(27-30-20)21-23-12-5-13-24-21)25-15-16-6-4-9-18(14-16)29-17-7-2-1-3-8-17/h4-6,9,12-14,17H,1-3,7-8,10-11,15H2,(H,25,28). The first-order chi connectivity index (χ1) is 14.8. The molecule has 0 radical (unpaired) electrons. The highest BCUT2D eigenvalue weighted by Gasteiger charge is 2.15. The van der Waals surface area contributed by atoms with Gasteiger partial charge in [-0.1, -0.05) is 23.7 Å². The largest absolute Gasteiger partial charge is 0.490 e. The highest BCUT2D eigenvalue weighted by atomic mass is 16.5. The molecule has 0 aliphatic heterocycles. The van der Waals surface area contributed by atoms with Crippen LogP contribution in [0.1, 0.15) is 50.0 Å². The van der Waals surface area contributed by atoms with Gasteiger partial charge in [0.2, 0.25) is 23.4 Å². The molecule has 0 bridgehead atoms. The van der Waals surface area contributed by atoms with Gasteiger partial charge in [0.15, 0.2) is 0 Å². The van der Waals surface area contributed by atoms with Gasteiger partial charge in [0, 0.05) is 31.8 Å². The molecule has 1 aliphatic rings. The minimum atomic E-state index is -0.0793. The Hall–Kier alpha value is -3.29. The molecule has 0 saturated heterocycles. The van der Waals surface area contributed by atoms with Crippen LogP contribution >= 0.6 is 0 Å². The Morgan fingerprint density at radius 2 is 1.93 bits per heavy atom. The highest BCUT2D eigenvalue weighted by molar-refractivity contribution is 5.76. The molecule has 8 heteroatoms. The molecular formula is C22H25N5O3. The predicted octanol–water partition coefficient (Wildman–Crippen LogP) is 3.49. The second-order valence-corrected chi connectivity index (χ2v) is 7.39. The zero-order valence-corrected chi connectivity index (χ0v) is 16.8. The molecule has 2 aromatic heterocycles. The van der Waals surface area contributed by atoms with Gasteiger partial charge in [-0.05, 0) is 49.4 Å². The number of hydrogen-bond donors (Lipinski definition) is 1. The van der Waals surface area contributed by atoms with E-state index in [0.717, 1.165) is 24.2 Å². The van der Waals surface area contributed by atoms with E-state index in [1.54, 1.807) is 18.5 Å². The molecule has 8 nitrogen and oxygen atoms in total. The Morgan fingerprint density at radius 3 is 2.77 bits per heavy atom. The van der Waals surface area contributed by atoms with E-state index in [4.69, 9.17) is 9.26 Å². The molecule has 30 heavy (non-hydrogen) atoms. The number of aryl methyl sites for hydroxylation is 1. The number of nitrogens with one attached hydrogen (secondary N) is 1. The first-order valence-electron chi connectivity index (χ1n) is 10.4. The lowest BCUT2D eigenvalue weighted by atomic mass is 9.98. The summed E-state index contributed by atoms with van der Waals surface area (Å²) >= 11 is 0. The third-order valence-electron chi connectivity index (χ3n) is 5.04. The Bertz CT molecular complexity index is 954. The Balaban J connectivity index is 1.23. The maximum atomic E-state index is 12.2. The van der Waals surface area contributed by atoms with Crippen LogP contribution in [-0.2, 0) is 17.8 Å². The van der Waals surface area contributed by atoms with E-state index >= 15 is 0 Å². The van der Waals surface area contributed by atoms with Crippen LogP contribution in [0, 0.1) is 0 Å². The van der Waals surface area contributed by atoms with Crippen molar-refractivity contribution in [3.63, 3.8) is 0 Å². The van der Waals surface area contributed by atoms with Crippen molar-refractivity contribution in [1.82, 2.24) is 25.4 Å². The van der Waals surface area contributed by atoms with E-state index in [1.807, 2.05) is 24.3 Å². The van der Waals surface area contributed by atoms with E-state index in [0.29, 0.717) is 36.6 Å². The third kappa shape index (κ3) is 5.62. The van der Waals surface area contributed by atoms with Crippen LogP contribution in [-0.4, -0.2) is 32.1 Å². The highest BCUT2D eigenvalue weighted by Crippen LogP contribution is 2.24. The van der Waals surface area contributed by atoms with Gasteiger partial charge in [-0.15, -0.1) is 0 Å². The van der Waals surface area contributed by atoms with Crippen LogP contribution in [0.25, 0.3) is 11.6 Å². The zero-order chi connectivity index (χ0) is 20.6. The summed E-state index contributed by atoms with van der Waals surface area (Å²) in [5, 5.41) is 6.79. The Labute approximate surface area is 175 Å². The smallest absolute Gasteiger partial charge is 0.240 e. The quantitative estimate of drug-likeness (QED) is 0.610. The van der Waals surface area contributed by atoms with Crippen LogP contribution in [0.15, 0.2) is 47.2 Å². The second kappa shape index (κ2) is 9.96. The maximum absolute atomic E-state index is 12.2. The van der Waals surface area contributed by atoms with Gasteiger partial charge < -0.3 is 14.6 Å². The minimum Gasteiger partial charge on any atom is -0.490 e. The molecule has 1 fully saturated rings.